The minimum Gasteiger partial charge on any atom is -0.624 e. The summed E-state index contributed by atoms with van der Waals surface area (Å²) >= 11 is 5.77. The van der Waals surface area contributed by atoms with Gasteiger partial charge in [0.1, 0.15) is 7.05 Å². The van der Waals surface area contributed by atoms with Crippen LogP contribution in [0.5, 0.6) is 0 Å². The highest BCUT2D eigenvalue weighted by atomic mass is 128. The lowest BCUT2D eigenvalue weighted by atomic mass is 10.4. The van der Waals surface area contributed by atoms with Crippen molar-refractivity contribution in [3.8, 4) is 0 Å². The first-order valence-corrected chi connectivity index (χ1v) is 13.1. The molecule has 0 amide bonds. The van der Waals surface area contributed by atoms with Crippen LogP contribution >= 0.6 is 49.0 Å². The van der Waals surface area contributed by atoms with Crippen molar-refractivity contribution in [3.05, 3.63) is 53.4 Å². The average Bonchev–Trinajstić information content (AvgIpc) is 2.90. The summed E-state index contributed by atoms with van der Waals surface area (Å²) in [5, 5.41) is 11.6. The largest absolute Gasteiger partial charge is 0.624 e. The van der Waals surface area contributed by atoms with E-state index in [2.05, 4.69) is 37.2 Å². The smallest absolute Gasteiger partial charge is 0.217 e. The molecule has 0 bridgehead atoms. The molecular formula is C14H17I2NO2S. The number of hydrogen-bond donors (Lipinski definition) is 0. The third-order valence-corrected chi connectivity index (χ3v) is 2.80. The van der Waals surface area contributed by atoms with E-state index in [1.807, 2.05) is 50.2 Å². The van der Waals surface area contributed by atoms with E-state index in [0.29, 0.717) is 5.76 Å². The van der Waals surface area contributed by atoms with Crippen LogP contribution < -0.4 is 0 Å². The van der Waals surface area contributed by atoms with E-state index in [0.717, 1.165) is 14.7 Å². The molecule has 0 fully saturated rings. The molecule has 0 N–H and O–H groups in total. The van der Waals surface area contributed by atoms with E-state index in [9.17, 15) is 5.21 Å². The van der Waals surface area contributed by atoms with Gasteiger partial charge in [-0.15, -0.1) is 0 Å². The molecule has 0 spiro atoms. The number of nitrogens with zero attached hydrogens (tertiary/aromatic N) is 1. The zero-order chi connectivity index (χ0) is 15.4. The Hall–Kier alpha value is -0.220. The second-order valence-corrected chi connectivity index (χ2v) is 4.33. The molecule has 0 saturated heterocycles. The minimum atomic E-state index is 0.566. The van der Waals surface area contributed by atoms with Gasteiger partial charge in [-0.25, -0.2) is 4.74 Å². The summed E-state index contributed by atoms with van der Waals surface area (Å²) in [5.74, 6) is 0.566. The van der Waals surface area contributed by atoms with E-state index in [1.54, 1.807) is 6.07 Å². The highest BCUT2D eigenvalue weighted by Gasteiger charge is 2.03. The van der Waals surface area contributed by atoms with Crippen molar-refractivity contribution in [1.82, 2.24) is 0 Å². The Morgan fingerprint density at radius 2 is 1.70 bits per heavy atom. The third-order valence-electron chi connectivity index (χ3n) is 1.87. The lowest BCUT2D eigenvalue weighted by molar-refractivity contribution is -0.417. The molecule has 3 nitrogen and oxygen atoms in total. The Morgan fingerprint density at radius 3 is 2.25 bits per heavy atom. The van der Waals surface area contributed by atoms with Crippen LogP contribution in [0, 0.1) is 5.21 Å². The van der Waals surface area contributed by atoms with E-state index >= 15 is 0 Å². The Labute approximate surface area is 147 Å². The van der Waals surface area contributed by atoms with Crippen molar-refractivity contribution in [2.24, 2.45) is 0 Å². The second kappa shape index (κ2) is 12.5. The maximum atomic E-state index is 10.8. The molecule has 6 heteroatoms. The van der Waals surface area contributed by atoms with E-state index in [1.165, 1.54) is 25.0 Å². The maximum absolute atomic E-state index is 10.8. The van der Waals surface area contributed by atoms with Gasteiger partial charge in [-0.05, 0) is 24.3 Å². The Kier molecular flexibility index (Phi) is 12.4. The summed E-state index contributed by atoms with van der Waals surface area (Å²) in [7, 11) is 1.42. The maximum Gasteiger partial charge on any atom is 0.217 e. The molecule has 0 unspecified atom stereocenters. The van der Waals surface area contributed by atoms with Gasteiger partial charge in [0.25, 0.3) is 0 Å². The average molecular weight is 517 g/mol. The molecule has 1 aromatic heterocycles. The standard InChI is InChI=1S/C12H11NO2S.C2H6.I2/c1-13(14)9-10-7-8-12(15-10)16-11-5-3-2-4-6-11;2*1-2/h2-9H,1H3;1-2H3;/b13-9-;;. The summed E-state index contributed by atoms with van der Waals surface area (Å²) < 4.78 is 6.18. The molecule has 0 radical (unpaired) electrons. The first kappa shape index (κ1) is 19.8. The molecule has 2 aromatic rings. The van der Waals surface area contributed by atoms with Gasteiger partial charge in [0.05, 0.1) is 0 Å². The van der Waals surface area contributed by atoms with Crippen molar-refractivity contribution in [1.29, 1.82) is 0 Å². The summed E-state index contributed by atoms with van der Waals surface area (Å²) in [6.45, 7) is 4.00. The fraction of sp³-hybridized carbons (Fsp3) is 0.214. The van der Waals surface area contributed by atoms with E-state index < -0.39 is 0 Å². The number of halogens is 2. The summed E-state index contributed by atoms with van der Waals surface area (Å²) in [6.07, 6.45) is 1.40. The Morgan fingerprint density at radius 1 is 1.10 bits per heavy atom. The molecule has 20 heavy (non-hydrogen) atoms. The van der Waals surface area contributed by atoms with Crippen molar-refractivity contribution in [3.63, 3.8) is 0 Å². The van der Waals surface area contributed by atoms with Crippen LogP contribution in [0.4, 0.5) is 0 Å². The van der Waals surface area contributed by atoms with Crippen LogP contribution in [0.2, 0.25) is 0 Å². The van der Waals surface area contributed by atoms with Gasteiger partial charge in [0, 0.05) is 42.1 Å². The highest BCUT2D eigenvalue weighted by molar-refractivity contribution is 15.0. The van der Waals surface area contributed by atoms with Gasteiger partial charge >= 0.3 is 0 Å². The molecular weight excluding hydrogens is 500 g/mol. The molecule has 0 aliphatic carbocycles. The molecule has 1 heterocycles. The first-order chi connectivity index (χ1) is 9.74. The van der Waals surface area contributed by atoms with Crippen LogP contribution in [0.25, 0.3) is 0 Å². The first-order valence-electron chi connectivity index (χ1n) is 5.96. The number of hydrogen-bond acceptors (Lipinski definition) is 3. The highest BCUT2D eigenvalue weighted by Crippen LogP contribution is 2.28. The van der Waals surface area contributed by atoms with Crippen molar-refractivity contribution in [2.45, 2.75) is 23.8 Å². The quantitative estimate of drug-likeness (QED) is 0.170. The fourth-order valence-electron chi connectivity index (χ4n) is 1.24. The van der Waals surface area contributed by atoms with E-state index in [4.69, 9.17) is 4.42 Å². The summed E-state index contributed by atoms with van der Waals surface area (Å²) in [6, 6.07) is 13.6. The number of rotatable bonds is 3. The molecule has 110 valence electrons. The monoisotopic (exact) mass is 517 g/mol. The minimum absolute atomic E-state index is 0.566. The van der Waals surface area contributed by atoms with Crippen molar-refractivity contribution < 1.29 is 9.16 Å². The van der Waals surface area contributed by atoms with Gasteiger partial charge < -0.3 is 9.62 Å². The molecule has 0 aliphatic rings. The van der Waals surface area contributed by atoms with Crippen LogP contribution in [-0.4, -0.2) is 18.0 Å². The third kappa shape index (κ3) is 8.15. The van der Waals surface area contributed by atoms with Gasteiger partial charge in [-0.1, -0.05) is 43.8 Å². The normalized spacial score (nSPS) is 9.95. The molecule has 2 rings (SSSR count). The van der Waals surface area contributed by atoms with Crippen LogP contribution in [0.1, 0.15) is 19.6 Å². The van der Waals surface area contributed by atoms with Gasteiger partial charge in [0.2, 0.25) is 6.21 Å². The van der Waals surface area contributed by atoms with Gasteiger partial charge in [-0.3, -0.25) is 0 Å². The second-order valence-electron chi connectivity index (χ2n) is 3.25. The number of hydroxylamine groups is 1. The zero-order valence-electron chi connectivity index (χ0n) is 11.5. The van der Waals surface area contributed by atoms with E-state index in [-0.39, 0.29) is 0 Å². The Balaban J connectivity index is 0.000000829. The predicted octanol–water partition coefficient (Wildman–Crippen LogP) is 5.79. The summed E-state index contributed by atoms with van der Waals surface area (Å²) in [4.78, 5) is 1.11. The van der Waals surface area contributed by atoms with Crippen molar-refractivity contribution in [2.75, 3.05) is 7.05 Å². The number of benzene rings is 1. The van der Waals surface area contributed by atoms with Crippen molar-refractivity contribution >= 4 is 55.2 Å². The Bertz CT molecular complexity index is 497. The lowest BCUT2D eigenvalue weighted by Crippen LogP contribution is -1.95. The van der Waals surface area contributed by atoms with Crippen LogP contribution in [0.3, 0.4) is 0 Å². The predicted molar refractivity (Wildman–Crippen MR) is 103 cm³/mol. The topological polar surface area (TPSA) is 39.2 Å². The van der Waals surface area contributed by atoms with Gasteiger partial charge in [-0.2, -0.15) is 0 Å². The van der Waals surface area contributed by atoms with Gasteiger partial charge in [0.15, 0.2) is 10.9 Å². The lowest BCUT2D eigenvalue weighted by Gasteiger charge is -1.96. The zero-order valence-corrected chi connectivity index (χ0v) is 16.7. The SMILES string of the molecule is C/[N+]([O-])=C/c1ccc(Sc2ccccc2)o1.CC.II. The molecule has 0 aliphatic heterocycles. The molecule has 1 aromatic carbocycles. The van der Waals surface area contributed by atoms with Crippen LogP contribution in [0.15, 0.2) is 56.9 Å². The van der Waals surface area contributed by atoms with Crippen LogP contribution in [-0.2, 0) is 0 Å². The summed E-state index contributed by atoms with van der Waals surface area (Å²) in [5.41, 5.74) is 0. The fourth-order valence-corrected chi connectivity index (χ4v) is 2.04. The molecule has 0 saturated carbocycles. The number of furan rings is 1. The molecule has 0 atom stereocenters.